The van der Waals surface area contributed by atoms with Crippen LogP contribution in [0.15, 0.2) is 85.2 Å². The molecule has 1 fully saturated rings. The van der Waals surface area contributed by atoms with Crippen LogP contribution in [0.25, 0.3) is 5.69 Å². The molecule has 0 unspecified atom stereocenters. The number of amides is 1. The molecule has 9 nitrogen and oxygen atoms in total. The molecule has 0 radical (unpaired) electrons. The molecule has 1 amide bonds. The Bertz CT molecular complexity index is 1540. The number of benzene rings is 2. The Kier molecular flexibility index (Phi) is 7.79. The molecule has 10 heteroatoms. The second-order valence-electron chi connectivity index (χ2n) is 9.12. The van der Waals surface area contributed by atoms with Gasteiger partial charge < -0.3 is 29.6 Å². The van der Waals surface area contributed by atoms with Crippen molar-refractivity contribution in [3.8, 4) is 11.4 Å². The summed E-state index contributed by atoms with van der Waals surface area (Å²) in [6.45, 7) is 1.80. The summed E-state index contributed by atoms with van der Waals surface area (Å²) < 4.78 is 12.6. The smallest absolute Gasteiger partial charge is 0.337 e. The van der Waals surface area contributed by atoms with E-state index in [2.05, 4.69) is 20.2 Å². The van der Waals surface area contributed by atoms with Gasteiger partial charge in [-0.25, -0.2) is 4.79 Å². The number of hydrogen-bond acceptors (Lipinski definition) is 6. The molecule has 2 atom stereocenters. The van der Waals surface area contributed by atoms with Crippen molar-refractivity contribution >= 4 is 40.6 Å². The second-order valence-corrected chi connectivity index (χ2v) is 9.51. The van der Waals surface area contributed by atoms with E-state index >= 15 is 0 Å². The molecule has 204 valence electrons. The molecule has 1 aliphatic rings. The molecular weight excluding hydrogens is 526 g/mol. The minimum absolute atomic E-state index is 0.103. The summed E-state index contributed by atoms with van der Waals surface area (Å²) in [5.41, 5.74) is 4.52. The molecule has 3 heterocycles. The van der Waals surface area contributed by atoms with Crippen molar-refractivity contribution in [2.75, 3.05) is 24.4 Å². The van der Waals surface area contributed by atoms with Crippen LogP contribution in [-0.4, -0.2) is 40.8 Å². The molecule has 5 rings (SSSR count). The lowest BCUT2D eigenvalue weighted by atomic mass is 10.0. The highest BCUT2D eigenvalue weighted by Crippen LogP contribution is 2.43. The molecule has 0 saturated carbocycles. The first-order valence-electron chi connectivity index (χ1n) is 12.8. The first-order valence-corrected chi connectivity index (χ1v) is 13.2. The van der Waals surface area contributed by atoms with Gasteiger partial charge in [0.15, 0.2) is 5.11 Å². The predicted octanol–water partition coefficient (Wildman–Crippen LogP) is 5.19. The number of rotatable bonds is 8. The van der Waals surface area contributed by atoms with E-state index in [-0.39, 0.29) is 18.0 Å². The minimum Gasteiger partial charge on any atom is -0.494 e. The van der Waals surface area contributed by atoms with E-state index in [1.165, 1.54) is 7.11 Å². The number of nitrogens with zero attached hydrogens (tertiary/aromatic N) is 3. The normalized spacial score (nSPS) is 16.4. The average molecular weight is 556 g/mol. The van der Waals surface area contributed by atoms with E-state index in [4.69, 9.17) is 21.7 Å². The number of carbonyl (C=O) groups excluding carboxylic acids is 2. The predicted molar refractivity (Wildman–Crippen MR) is 157 cm³/mol. The van der Waals surface area contributed by atoms with Crippen LogP contribution in [0.1, 0.15) is 47.2 Å². The van der Waals surface area contributed by atoms with Crippen LogP contribution in [-0.2, 0) is 9.53 Å². The average Bonchev–Trinajstić information content (AvgIpc) is 3.61. The van der Waals surface area contributed by atoms with Crippen LogP contribution in [0.5, 0.6) is 5.75 Å². The Morgan fingerprint density at radius 1 is 1.02 bits per heavy atom. The largest absolute Gasteiger partial charge is 0.494 e. The molecule has 2 aromatic carbocycles. The van der Waals surface area contributed by atoms with Crippen molar-refractivity contribution in [2.24, 2.45) is 0 Å². The van der Waals surface area contributed by atoms with E-state index in [1.54, 1.807) is 32.4 Å². The maximum Gasteiger partial charge on any atom is 0.337 e. The zero-order valence-corrected chi connectivity index (χ0v) is 23.1. The number of carbonyl (C=O) groups is 2. The Hall–Kier alpha value is -4.70. The fourth-order valence-corrected chi connectivity index (χ4v) is 5.20. The van der Waals surface area contributed by atoms with Crippen molar-refractivity contribution < 1.29 is 19.1 Å². The first kappa shape index (κ1) is 26.9. The number of esters is 1. The fraction of sp³-hybridized carbons (Fsp3) is 0.200. The lowest BCUT2D eigenvalue weighted by molar-refractivity contribution is -0.115. The van der Waals surface area contributed by atoms with E-state index in [0.29, 0.717) is 28.5 Å². The summed E-state index contributed by atoms with van der Waals surface area (Å²) in [7, 11) is 2.93. The van der Waals surface area contributed by atoms with Gasteiger partial charge in [0.1, 0.15) is 11.8 Å². The number of nitrogens with one attached hydrogen (secondary N) is 2. The Morgan fingerprint density at radius 2 is 1.80 bits per heavy atom. The molecule has 0 spiro atoms. The summed E-state index contributed by atoms with van der Waals surface area (Å²) >= 11 is 5.89. The summed E-state index contributed by atoms with van der Waals surface area (Å²) in [6, 6.07) is 22.1. The fourth-order valence-electron chi connectivity index (χ4n) is 4.85. The number of methoxy groups -OCH3 is 2. The van der Waals surface area contributed by atoms with Crippen LogP contribution >= 0.6 is 12.2 Å². The topological polar surface area (TPSA) is 97.7 Å². The third kappa shape index (κ3) is 5.13. The van der Waals surface area contributed by atoms with E-state index in [9.17, 15) is 9.59 Å². The van der Waals surface area contributed by atoms with Crippen LogP contribution in [0, 0.1) is 0 Å². The molecule has 0 bridgehead atoms. The minimum atomic E-state index is -0.390. The maximum atomic E-state index is 12.1. The number of pyridine rings is 1. The van der Waals surface area contributed by atoms with Crippen molar-refractivity contribution in [3.05, 3.63) is 102 Å². The molecule has 2 aromatic heterocycles. The number of ether oxygens (including phenoxy) is 2. The van der Waals surface area contributed by atoms with Crippen molar-refractivity contribution in [3.63, 3.8) is 0 Å². The van der Waals surface area contributed by atoms with Gasteiger partial charge in [0, 0.05) is 41.9 Å². The molecule has 4 aromatic rings. The van der Waals surface area contributed by atoms with Gasteiger partial charge in [-0.3, -0.25) is 9.78 Å². The molecule has 1 aliphatic heterocycles. The van der Waals surface area contributed by atoms with Gasteiger partial charge in [-0.05, 0) is 72.9 Å². The van der Waals surface area contributed by atoms with Gasteiger partial charge in [0.25, 0.3) is 0 Å². The third-order valence-electron chi connectivity index (χ3n) is 6.81. The number of hydrogen-bond donors (Lipinski definition) is 2. The van der Waals surface area contributed by atoms with Crippen LogP contribution in [0.2, 0.25) is 0 Å². The van der Waals surface area contributed by atoms with Gasteiger partial charge >= 0.3 is 5.97 Å². The van der Waals surface area contributed by atoms with Crippen molar-refractivity contribution in [2.45, 2.75) is 25.4 Å². The highest BCUT2D eigenvalue weighted by atomic mass is 32.1. The zero-order valence-electron chi connectivity index (χ0n) is 22.3. The van der Waals surface area contributed by atoms with E-state index < -0.39 is 5.97 Å². The van der Waals surface area contributed by atoms with Crippen molar-refractivity contribution in [1.29, 1.82) is 0 Å². The molecule has 2 N–H and O–H groups in total. The van der Waals surface area contributed by atoms with Crippen LogP contribution in [0.4, 0.5) is 11.4 Å². The highest BCUT2D eigenvalue weighted by Gasteiger charge is 2.42. The SMILES string of the molecule is CCC(=O)Nc1ccc(N2C(=S)N[C@@H](c3ccccn3)[C@H]2c2cccn2-c2ccc(C(=O)OC)cc2)cc1OC. The lowest BCUT2D eigenvalue weighted by Gasteiger charge is -2.29. The summed E-state index contributed by atoms with van der Waals surface area (Å²) in [6.07, 6.45) is 4.09. The number of aromatic nitrogens is 2. The summed E-state index contributed by atoms with van der Waals surface area (Å²) in [4.78, 5) is 30.7. The monoisotopic (exact) mass is 555 g/mol. The van der Waals surface area contributed by atoms with E-state index in [1.807, 2.05) is 71.8 Å². The number of thiocarbonyl (C=S) groups is 1. The van der Waals surface area contributed by atoms with Gasteiger partial charge in [-0.1, -0.05) is 13.0 Å². The Labute approximate surface area is 237 Å². The van der Waals surface area contributed by atoms with Gasteiger partial charge in [0.2, 0.25) is 5.91 Å². The Balaban J connectivity index is 1.60. The summed E-state index contributed by atoms with van der Waals surface area (Å²) in [5.74, 6) is 0.0306. The quantitative estimate of drug-likeness (QED) is 0.226. The second kappa shape index (κ2) is 11.6. The van der Waals surface area contributed by atoms with Crippen LogP contribution < -0.4 is 20.3 Å². The zero-order chi connectivity index (χ0) is 28.2. The maximum absolute atomic E-state index is 12.1. The summed E-state index contributed by atoms with van der Waals surface area (Å²) in [5, 5.41) is 6.88. The van der Waals surface area contributed by atoms with Crippen LogP contribution in [0.3, 0.4) is 0 Å². The molecular formula is C30H29N5O4S. The molecule has 40 heavy (non-hydrogen) atoms. The van der Waals surface area contributed by atoms with Gasteiger partial charge in [-0.2, -0.15) is 0 Å². The van der Waals surface area contributed by atoms with Gasteiger partial charge in [-0.15, -0.1) is 0 Å². The van der Waals surface area contributed by atoms with Gasteiger partial charge in [0.05, 0.1) is 37.2 Å². The Morgan fingerprint density at radius 3 is 2.48 bits per heavy atom. The first-order chi connectivity index (χ1) is 19.4. The lowest BCUT2D eigenvalue weighted by Crippen LogP contribution is -2.30. The standard InChI is InChI=1S/C30H29N5O4S/c1-4-26(36)32-22-15-14-21(18-25(22)38-2)35-28(27(33-30(35)40)23-8-5-6-16-31-23)24-9-7-17-34(24)20-12-10-19(11-13-20)29(37)39-3/h5-18,27-28H,4H2,1-3H3,(H,32,36)(H,33,40)/t27-,28+/m0/s1. The van der Waals surface area contributed by atoms with E-state index in [0.717, 1.165) is 22.8 Å². The van der Waals surface area contributed by atoms with Crippen molar-refractivity contribution in [1.82, 2.24) is 14.9 Å². The molecule has 0 aliphatic carbocycles. The highest BCUT2D eigenvalue weighted by molar-refractivity contribution is 7.80. The molecule has 1 saturated heterocycles. The third-order valence-corrected chi connectivity index (χ3v) is 7.12. The number of anilines is 2.